The third-order valence-electron chi connectivity index (χ3n) is 4.15. The summed E-state index contributed by atoms with van der Waals surface area (Å²) in [6.07, 6.45) is 0. The van der Waals surface area contributed by atoms with E-state index in [9.17, 15) is 4.79 Å². The minimum Gasteiger partial charge on any atom is -0.298 e. The molecule has 0 N–H and O–H groups in total. The van der Waals surface area contributed by atoms with Crippen LogP contribution in [-0.2, 0) is 10.2 Å². The van der Waals surface area contributed by atoms with Crippen molar-refractivity contribution in [3.63, 3.8) is 0 Å². The van der Waals surface area contributed by atoms with Crippen molar-refractivity contribution >= 4 is 5.78 Å². The van der Waals surface area contributed by atoms with Crippen LogP contribution in [0, 0.1) is 0 Å². The van der Waals surface area contributed by atoms with Gasteiger partial charge in [0.15, 0.2) is 0 Å². The van der Waals surface area contributed by atoms with Gasteiger partial charge in [-0.25, -0.2) is 0 Å². The summed E-state index contributed by atoms with van der Waals surface area (Å²) >= 11 is 0. The molecule has 0 saturated heterocycles. The van der Waals surface area contributed by atoms with Crippen LogP contribution in [0.4, 0.5) is 0 Å². The Morgan fingerprint density at radius 1 is 0.609 bits per heavy atom. The molecule has 0 aliphatic rings. The van der Waals surface area contributed by atoms with E-state index in [1.807, 2.05) is 91.0 Å². The molecule has 0 fully saturated rings. The monoisotopic (exact) mass is 302 g/mol. The highest BCUT2D eigenvalue weighted by Crippen LogP contribution is 2.39. The molecule has 0 aliphatic heterocycles. The van der Waals surface area contributed by atoms with Gasteiger partial charge in [-0.05, 0) is 23.6 Å². The van der Waals surface area contributed by atoms with Crippen LogP contribution in [0.5, 0.6) is 0 Å². The summed E-state index contributed by atoms with van der Waals surface area (Å²) < 4.78 is 0. The Morgan fingerprint density at radius 2 is 0.870 bits per heavy atom. The summed E-state index contributed by atoms with van der Waals surface area (Å²) in [7, 11) is 0. The molecule has 3 aromatic rings. The van der Waals surface area contributed by atoms with Crippen molar-refractivity contribution in [1.82, 2.24) is 0 Å². The standard InChI is InChI=1S/C21H18O.CH4/c1-17(22)21(18-11-5-2-6-12-18,19-13-7-3-8-14-19)20-15-9-4-10-16-20;/h2-16H,1H3;1H4. The molecule has 0 atom stereocenters. The molecule has 0 spiro atoms. The molecule has 0 saturated carbocycles. The van der Waals surface area contributed by atoms with Crippen molar-refractivity contribution in [3.05, 3.63) is 108 Å². The Bertz CT molecular complexity index is 649. The second kappa shape index (κ2) is 7.06. The highest BCUT2D eigenvalue weighted by atomic mass is 16.1. The molecule has 0 unspecified atom stereocenters. The van der Waals surface area contributed by atoms with E-state index in [2.05, 4.69) is 0 Å². The fourth-order valence-corrected chi connectivity index (χ4v) is 3.17. The van der Waals surface area contributed by atoms with Gasteiger partial charge in [0.1, 0.15) is 11.2 Å². The topological polar surface area (TPSA) is 17.1 Å². The molecule has 0 aliphatic carbocycles. The van der Waals surface area contributed by atoms with Gasteiger partial charge in [-0.3, -0.25) is 4.79 Å². The molecule has 0 radical (unpaired) electrons. The van der Waals surface area contributed by atoms with Crippen LogP contribution < -0.4 is 0 Å². The van der Waals surface area contributed by atoms with Crippen molar-refractivity contribution in [2.75, 3.05) is 0 Å². The minimum absolute atomic E-state index is 0. The Morgan fingerprint density at radius 3 is 1.09 bits per heavy atom. The number of carbonyl (C=O) groups excluding carboxylic acids is 1. The second-order valence-electron chi connectivity index (χ2n) is 5.40. The summed E-state index contributed by atoms with van der Waals surface area (Å²) in [5.74, 6) is 0.121. The summed E-state index contributed by atoms with van der Waals surface area (Å²) in [5.41, 5.74) is 2.24. The lowest BCUT2D eigenvalue weighted by Crippen LogP contribution is -2.36. The first-order chi connectivity index (χ1) is 10.8. The van der Waals surface area contributed by atoms with Gasteiger partial charge in [-0.15, -0.1) is 0 Å². The van der Waals surface area contributed by atoms with E-state index < -0.39 is 5.41 Å². The van der Waals surface area contributed by atoms with Crippen LogP contribution in [0.1, 0.15) is 31.0 Å². The van der Waals surface area contributed by atoms with E-state index in [0.29, 0.717) is 0 Å². The fraction of sp³-hybridized carbons (Fsp3) is 0.136. The number of hydrogen-bond donors (Lipinski definition) is 0. The SMILES string of the molecule is C.CC(=O)C(c1ccccc1)(c1ccccc1)c1ccccc1. The predicted molar refractivity (Wildman–Crippen MR) is 96.6 cm³/mol. The largest absolute Gasteiger partial charge is 0.298 e. The summed E-state index contributed by atoms with van der Waals surface area (Å²) in [6.45, 7) is 1.67. The average Bonchev–Trinajstić information content (AvgIpc) is 2.58. The smallest absolute Gasteiger partial charge is 0.149 e. The first kappa shape index (κ1) is 16.7. The molecule has 0 heterocycles. The van der Waals surface area contributed by atoms with E-state index >= 15 is 0 Å². The maximum atomic E-state index is 12.9. The highest BCUT2D eigenvalue weighted by molar-refractivity contribution is 5.96. The van der Waals surface area contributed by atoms with Crippen molar-refractivity contribution in [2.24, 2.45) is 0 Å². The minimum atomic E-state index is -0.760. The first-order valence-corrected chi connectivity index (χ1v) is 7.44. The van der Waals surface area contributed by atoms with E-state index in [1.54, 1.807) is 6.92 Å². The van der Waals surface area contributed by atoms with E-state index in [-0.39, 0.29) is 13.2 Å². The third kappa shape index (κ3) is 2.83. The number of benzene rings is 3. The van der Waals surface area contributed by atoms with Crippen LogP contribution in [0.25, 0.3) is 0 Å². The molecule has 116 valence electrons. The van der Waals surface area contributed by atoms with Gasteiger partial charge in [-0.1, -0.05) is 98.4 Å². The molecule has 1 nitrogen and oxygen atoms in total. The summed E-state index contributed by atoms with van der Waals surface area (Å²) in [4.78, 5) is 12.9. The zero-order chi connectivity index (χ0) is 15.4. The molecular formula is C22H22O. The third-order valence-corrected chi connectivity index (χ3v) is 4.15. The van der Waals surface area contributed by atoms with Gasteiger partial charge in [0.2, 0.25) is 0 Å². The van der Waals surface area contributed by atoms with Gasteiger partial charge in [0.05, 0.1) is 0 Å². The lowest BCUT2D eigenvalue weighted by atomic mass is 9.67. The Labute approximate surface area is 138 Å². The Balaban J connectivity index is 0.00000192. The molecular weight excluding hydrogens is 280 g/mol. The van der Waals surface area contributed by atoms with Crippen LogP contribution in [0.3, 0.4) is 0 Å². The highest BCUT2D eigenvalue weighted by Gasteiger charge is 2.40. The van der Waals surface area contributed by atoms with Gasteiger partial charge in [0.25, 0.3) is 0 Å². The van der Waals surface area contributed by atoms with Crippen molar-refractivity contribution in [3.8, 4) is 0 Å². The van der Waals surface area contributed by atoms with Gasteiger partial charge < -0.3 is 0 Å². The predicted octanol–water partition coefficient (Wildman–Crippen LogP) is 5.25. The van der Waals surface area contributed by atoms with Gasteiger partial charge in [0, 0.05) is 0 Å². The normalized spacial score (nSPS) is 10.7. The molecule has 0 amide bonds. The van der Waals surface area contributed by atoms with Crippen LogP contribution >= 0.6 is 0 Å². The van der Waals surface area contributed by atoms with E-state index in [1.165, 1.54) is 0 Å². The first-order valence-electron chi connectivity index (χ1n) is 7.44. The molecule has 3 aromatic carbocycles. The second-order valence-corrected chi connectivity index (χ2v) is 5.40. The molecule has 23 heavy (non-hydrogen) atoms. The maximum absolute atomic E-state index is 12.9. The molecule has 0 aromatic heterocycles. The number of carbonyl (C=O) groups is 1. The molecule has 1 heteroatoms. The summed E-state index contributed by atoms with van der Waals surface area (Å²) in [6, 6.07) is 30.0. The quantitative estimate of drug-likeness (QED) is 0.602. The number of ketones is 1. The van der Waals surface area contributed by atoms with E-state index in [4.69, 9.17) is 0 Å². The van der Waals surface area contributed by atoms with Crippen LogP contribution in [0.2, 0.25) is 0 Å². The average molecular weight is 302 g/mol. The Kier molecular flexibility index (Phi) is 5.13. The van der Waals surface area contributed by atoms with Gasteiger partial charge >= 0.3 is 0 Å². The summed E-state index contributed by atoms with van der Waals surface area (Å²) in [5, 5.41) is 0. The number of rotatable bonds is 4. The maximum Gasteiger partial charge on any atom is 0.149 e. The zero-order valence-corrected chi connectivity index (χ0v) is 12.6. The lowest BCUT2D eigenvalue weighted by Gasteiger charge is -2.33. The number of Topliss-reactive ketones (excluding diaryl/α,β-unsaturated/α-hetero) is 1. The van der Waals surface area contributed by atoms with Crippen LogP contribution in [0.15, 0.2) is 91.0 Å². The van der Waals surface area contributed by atoms with Crippen molar-refractivity contribution < 1.29 is 4.79 Å². The fourth-order valence-electron chi connectivity index (χ4n) is 3.17. The molecule has 3 rings (SSSR count). The van der Waals surface area contributed by atoms with Crippen molar-refractivity contribution in [2.45, 2.75) is 19.8 Å². The van der Waals surface area contributed by atoms with Crippen LogP contribution in [-0.4, -0.2) is 5.78 Å². The van der Waals surface area contributed by atoms with Gasteiger partial charge in [-0.2, -0.15) is 0 Å². The lowest BCUT2D eigenvalue weighted by molar-refractivity contribution is -0.119. The zero-order valence-electron chi connectivity index (χ0n) is 12.6. The Hall–Kier alpha value is -2.67. The van der Waals surface area contributed by atoms with Crippen molar-refractivity contribution in [1.29, 1.82) is 0 Å². The number of hydrogen-bond acceptors (Lipinski definition) is 1. The molecule has 0 bridgehead atoms. The van der Waals surface area contributed by atoms with E-state index in [0.717, 1.165) is 16.7 Å².